The van der Waals surface area contributed by atoms with E-state index in [9.17, 15) is 13.9 Å². The molecule has 2 rings (SSSR count). The second-order valence-corrected chi connectivity index (χ2v) is 6.45. The quantitative estimate of drug-likeness (QED) is 0.906. The number of hydrogen-bond acceptors (Lipinski definition) is 3. The molecule has 1 aromatic carbocycles. The van der Waals surface area contributed by atoms with Gasteiger partial charge in [0.1, 0.15) is 11.6 Å². The van der Waals surface area contributed by atoms with Crippen molar-refractivity contribution in [1.82, 2.24) is 9.80 Å². The predicted molar refractivity (Wildman–Crippen MR) is 83.7 cm³/mol. The standard InChI is InChI=1S/C17H26F2N2O/c1-12(2)21-9-7-13(8-10-21)20(3)11-16(22)17-14(18)5-4-6-15(17)19/h4-6,12-13,16,22H,7-11H2,1-3H3. The molecule has 1 aliphatic rings. The molecule has 1 atom stereocenters. The minimum absolute atomic E-state index is 0.228. The lowest BCUT2D eigenvalue weighted by Gasteiger charge is -2.39. The Kier molecular flexibility index (Phi) is 5.89. The number of benzene rings is 1. The molecule has 1 heterocycles. The van der Waals surface area contributed by atoms with Crippen molar-refractivity contribution in [3.05, 3.63) is 35.4 Å². The second-order valence-electron chi connectivity index (χ2n) is 6.45. The third kappa shape index (κ3) is 4.03. The van der Waals surface area contributed by atoms with E-state index in [-0.39, 0.29) is 12.1 Å². The van der Waals surface area contributed by atoms with E-state index in [0.29, 0.717) is 12.1 Å². The van der Waals surface area contributed by atoms with Crippen LogP contribution in [-0.4, -0.2) is 53.7 Å². The summed E-state index contributed by atoms with van der Waals surface area (Å²) >= 11 is 0. The van der Waals surface area contributed by atoms with E-state index in [1.807, 2.05) is 11.9 Å². The zero-order valence-corrected chi connectivity index (χ0v) is 13.6. The number of rotatable bonds is 5. The molecule has 5 heteroatoms. The van der Waals surface area contributed by atoms with Gasteiger partial charge in [-0.15, -0.1) is 0 Å². The van der Waals surface area contributed by atoms with Gasteiger partial charge in [-0.25, -0.2) is 8.78 Å². The van der Waals surface area contributed by atoms with Gasteiger partial charge < -0.3 is 14.9 Å². The Hall–Kier alpha value is -1.04. The fourth-order valence-electron chi connectivity index (χ4n) is 3.19. The number of aliphatic hydroxyl groups excluding tert-OH is 1. The molecular weight excluding hydrogens is 286 g/mol. The lowest BCUT2D eigenvalue weighted by Crippen LogP contribution is -2.46. The average Bonchev–Trinajstić information content (AvgIpc) is 2.47. The van der Waals surface area contributed by atoms with Crippen LogP contribution in [-0.2, 0) is 0 Å². The molecule has 0 aliphatic carbocycles. The van der Waals surface area contributed by atoms with Crippen molar-refractivity contribution in [3.8, 4) is 0 Å². The van der Waals surface area contributed by atoms with Crippen molar-refractivity contribution in [3.63, 3.8) is 0 Å². The number of likely N-dealkylation sites (tertiary alicyclic amines) is 1. The molecule has 0 radical (unpaired) electrons. The lowest BCUT2D eigenvalue weighted by molar-refractivity contribution is 0.0631. The van der Waals surface area contributed by atoms with E-state index in [2.05, 4.69) is 18.7 Å². The van der Waals surface area contributed by atoms with Gasteiger partial charge in [-0.1, -0.05) is 6.07 Å². The molecule has 0 amide bonds. The number of nitrogens with zero attached hydrogens (tertiary/aromatic N) is 2. The summed E-state index contributed by atoms with van der Waals surface area (Å²) in [5.41, 5.74) is -0.228. The van der Waals surface area contributed by atoms with Gasteiger partial charge in [-0.05, 0) is 59.0 Å². The largest absolute Gasteiger partial charge is 0.387 e. The first-order valence-corrected chi connectivity index (χ1v) is 7.96. The Bertz CT molecular complexity index is 467. The minimum Gasteiger partial charge on any atom is -0.387 e. The molecule has 0 saturated carbocycles. The van der Waals surface area contributed by atoms with Gasteiger partial charge in [0.05, 0.1) is 11.7 Å². The first-order chi connectivity index (χ1) is 10.4. The van der Waals surface area contributed by atoms with Crippen LogP contribution in [0, 0.1) is 11.6 Å². The maximum atomic E-state index is 13.7. The lowest BCUT2D eigenvalue weighted by atomic mass is 10.0. The predicted octanol–water partition coefficient (Wildman–Crippen LogP) is 2.80. The number of likely N-dealkylation sites (N-methyl/N-ethyl adjacent to an activating group) is 1. The summed E-state index contributed by atoms with van der Waals surface area (Å²) in [6.45, 7) is 6.67. The van der Waals surface area contributed by atoms with E-state index in [1.54, 1.807) is 0 Å². The molecule has 22 heavy (non-hydrogen) atoms. The summed E-state index contributed by atoms with van der Waals surface area (Å²) in [6.07, 6.45) is 0.886. The highest BCUT2D eigenvalue weighted by atomic mass is 19.1. The Morgan fingerprint density at radius 3 is 2.27 bits per heavy atom. The van der Waals surface area contributed by atoms with Crippen molar-refractivity contribution in [2.75, 3.05) is 26.7 Å². The molecular formula is C17H26F2N2O. The van der Waals surface area contributed by atoms with Crippen LogP contribution in [0.2, 0.25) is 0 Å². The molecule has 0 aromatic heterocycles. The third-order valence-electron chi connectivity index (χ3n) is 4.65. The Morgan fingerprint density at radius 2 is 1.77 bits per heavy atom. The number of halogens is 2. The van der Waals surface area contributed by atoms with Gasteiger partial charge in [0.25, 0.3) is 0 Å². The topological polar surface area (TPSA) is 26.7 Å². The third-order valence-corrected chi connectivity index (χ3v) is 4.65. The molecule has 1 unspecified atom stereocenters. The van der Waals surface area contributed by atoms with Crippen molar-refractivity contribution < 1.29 is 13.9 Å². The van der Waals surface area contributed by atoms with E-state index >= 15 is 0 Å². The molecule has 1 fully saturated rings. The summed E-state index contributed by atoms with van der Waals surface area (Å²) in [4.78, 5) is 4.45. The van der Waals surface area contributed by atoms with E-state index in [0.717, 1.165) is 25.9 Å². The van der Waals surface area contributed by atoms with Crippen LogP contribution in [0.25, 0.3) is 0 Å². The van der Waals surface area contributed by atoms with E-state index in [1.165, 1.54) is 18.2 Å². The maximum Gasteiger partial charge on any atom is 0.131 e. The van der Waals surface area contributed by atoms with Gasteiger partial charge in [-0.2, -0.15) is 0 Å². The van der Waals surface area contributed by atoms with Gasteiger partial charge in [0.15, 0.2) is 0 Å². The smallest absolute Gasteiger partial charge is 0.131 e. The fourth-order valence-corrected chi connectivity index (χ4v) is 3.19. The Balaban J connectivity index is 1.93. The Labute approximate surface area is 131 Å². The second kappa shape index (κ2) is 7.49. The van der Waals surface area contributed by atoms with Crippen LogP contribution in [0.4, 0.5) is 8.78 Å². The van der Waals surface area contributed by atoms with Crippen molar-refractivity contribution in [2.24, 2.45) is 0 Å². The molecule has 0 bridgehead atoms. The van der Waals surface area contributed by atoms with E-state index in [4.69, 9.17) is 0 Å². The monoisotopic (exact) mass is 312 g/mol. The summed E-state index contributed by atoms with van der Waals surface area (Å²) in [5.74, 6) is -1.37. The molecule has 1 N–H and O–H groups in total. The molecule has 3 nitrogen and oxygen atoms in total. The molecule has 1 aromatic rings. The summed E-state index contributed by atoms with van der Waals surface area (Å²) in [5, 5.41) is 10.2. The van der Waals surface area contributed by atoms with Crippen LogP contribution in [0.5, 0.6) is 0 Å². The highest BCUT2D eigenvalue weighted by Crippen LogP contribution is 2.24. The van der Waals surface area contributed by atoms with Crippen LogP contribution in [0.1, 0.15) is 38.4 Å². The van der Waals surface area contributed by atoms with Gasteiger partial charge >= 0.3 is 0 Å². The van der Waals surface area contributed by atoms with Gasteiger partial charge in [0, 0.05) is 18.6 Å². The summed E-state index contributed by atoms with van der Waals surface area (Å²) in [6, 6.07) is 4.57. The average molecular weight is 312 g/mol. The number of hydrogen-bond donors (Lipinski definition) is 1. The zero-order chi connectivity index (χ0) is 16.3. The summed E-state index contributed by atoms with van der Waals surface area (Å²) < 4.78 is 27.4. The van der Waals surface area contributed by atoms with E-state index < -0.39 is 17.7 Å². The van der Waals surface area contributed by atoms with Gasteiger partial charge in [-0.3, -0.25) is 0 Å². The molecule has 1 saturated heterocycles. The molecule has 0 spiro atoms. The van der Waals surface area contributed by atoms with Crippen molar-refractivity contribution in [1.29, 1.82) is 0 Å². The summed E-state index contributed by atoms with van der Waals surface area (Å²) in [7, 11) is 1.91. The minimum atomic E-state index is -1.14. The number of piperidine rings is 1. The highest BCUT2D eigenvalue weighted by Gasteiger charge is 2.26. The molecule has 124 valence electrons. The first kappa shape index (κ1) is 17.3. The Morgan fingerprint density at radius 1 is 1.23 bits per heavy atom. The van der Waals surface area contributed by atoms with Crippen LogP contribution in [0.15, 0.2) is 18.2 Å². The zero-order valence-electron chi connectivity index (χ0n) is 13.6. The first-order valence-electron chi connectivity index (χ1n) is 7.96. The number of aliphatic hydroxyl groups is 1. The maximum absolute atomic E-state index is 13.7. The van der Waals surface area contributed by atoms with Gasteiger partial charge in [0.2, 0.25) is 0 Å². The SMILES string of the molecule is CC(C)N1CCC(N(C)CC(O)c2c(F)cccc2F)CC1. The highest BCUT2D eigenvalue weighted by molar-refractivity contribution is 5.22. The molecule has 1 aliphatic heterocycles. The fraction of sp³-hybridized carbons (Fsp3) is 0.647. The van der Waals surface area contributed by atoms with Crippen LogP contribution >= 0.6 is 0 Å². The van der Waals surface area contributed by atoms with Crippen molar-refractivity contribution >= 4 is 0 Å². The normalized spacial score (nSPS) is 19.1. The van der Waals surface area contributed by atoms with Crippen molar-refractivity contribution in [2.45, 2.75) is 44.9 Å². The van der Waals surface area contributed by atoms with Crippen LogP contribution < -0.4 is 0 Å². The van der Waals surface area contributed by atoms with Crippen LogP contribution in [0.3, 0.4) is 0 Å².